The van der Waals surface area contributed by atoms with Crippen LogP contribution in [0, 0.1) is 0 Å². The molecule has 2 saturated heterocycles. The Hall–Kier alpha value is -3.70. The van der Waals surface area contributed by atoms with Crippen LogP contribution >= 0.6 is 11.3 Å². The van der Waals surface area contributed by atoms with Gasteiger partial charge in [-0.15, -0.1) is 23.4 Å². The van der Waals surface area contributed by atoms with E-state index in [9.17, 15) is 27.6 Å². The lowest BCUT2D eigenvalue weighted by atomic mass is 10.1. The highest BCUT2D eigenvalue weighted by Crippen LogP contribution is 2.32. The number of carbonyl (C=O) groups is 3. The van der Waals surface area contributed by atoms with Crippen LogP contribution in [0.5, 0.6) is 5.75 Å². The molecular formula is C24H31F3N8O5S. The van der Waals surface area contributed by atoms with Crippen molar-refractivity contribution in [2.75, 3.05) is 88.1 Å². The number of hydrogen-bond donors (Lipinski definition) is 2. The Labute approximate surface area is 238 Å². The zero-order valence-electron chi connectivity index (χ0n) is 22.6. The molecule has 41 heavy (non-hydrogen) atoms. The second-order valence-electron chi connectivity index (χ2n) is 9.40. The molecule has 0 aliphatic carbocycles. The number of carbonyl (C=O) groups excluding carboxylic acids is 3. The summed E-state index contributed by atoms with van der Waals surface area (Å²) in [5, 5.41) is 13.8. The lowest BCUT2D eigenvalue weighted by Gasteiger charge is -2.33. The number of likely N-dealkylation sites (N-methyl/N-ethyl adjacent to an activating group) is 1. The first-order chi connectivity index (χ1) is 19.5. The van der Waals surface area contributed by atoms with Crippen LogP contribution in [0.2, 0.25) is 0 Å². The van der Waals surface area contributed by atoms with Crippen molar-refractivity contribution in [2.24, 2.45) is 0 Å². The highest BCUT2D eigenvalue weighted by Gasteiger charge is 2.33. The molecule has 1 aromatic heterocycles. The molecule has 2 aliphatic rings. The van der Waals surface area contributed by atoms with Crippen molar-refractivity contribution in [2.45, 2.75) is 13.3 Å². The number of nitrogens with one attached hydrogen (secondary N) is 2. The molecule has 2 N–H and O–H groups in total. The maximum absolute atomic E-state index is 13.0. The third kappa shape index (κ3) is 8.64. The highest BCUT2D eigenvalue weighted by molar-refractivity contribution is 7.19. The fourth-order valence-corrected chi connectivity index (χ4v) is 5.03. The summed E-state index contributed by atoms with van der Waals surface area (Å²) in [6, 6.07) is 3.25. The van der Waals surface area contributed by atoms with E-state index in [-0.39, 0.29) is 29.0 Å². The van der Waals surface area contributed by atoms with Gasteiger partial charge >= 0.3 is 12.5 Å². The maximum Gasteiger partial charge on any atom is 0.573 e. The van der Waals surface area contributed by atoms with Crippen LogP contribution in [0.25, 0.3) is 0 Å². The SMILES string of the molecule is CCOC(=O)N1CCN(c2nnc(NC(=O)c3ccc(OC(F)(F)F)c(NC(=O)CN4CCN(C)CC4)c3)s2)CC1. The summed E-state index contributed by atoms with van der Waals surface area (Å²) >= 11 is 1.11. The first-order valence-electron chi connectivity index (χ1n) is 12.9. The van der Waals surface area contributed by atoms with Gasteiger partial charge in [-0.2, -0.15) is 0 Å². The minimum atomic E-state index is -4.99. The minimum absolute atomic E-state index is 0.0165. The molecule has 0 bridgehead atoms. The van der Waals surface area contributed by atoms with E-state index in [4.69, 9.17) is 4.74 Å². The van der Waals surface area contributed by atoms with Crippen molar-refractivity contribution in [3.8, 4) is 5.75 Å². The van der Waals surface area contributed by atoms with Gasteiger partial charge in [-0.25, -0.2) is 4.79 Å². The van der Waals surface area contributed by atoms with Crippen LogP contribution in [-0.2, 0) is 9.53 Å². The van der Waals surface area contributed by atoms with Crippen LogP contribution in [0.3, 0.4) is 0 Å². The van der Waals surface area contributed by atoms with Crippen LogP contribution in [-0.4, -0.2) is 122 Å². The Kier molecular flexibility index (Phi) is 9.82. The summed E-state index contributed by atoms with van der Waals surface area (Å²) in [6.07, 6.45) is -5.37. The monoisotopic (exact) mass is 600 g/mol. The summed E-state index contributed by atoms with van der Waals surface area (Å²) in [6.45, 7) is 6.71. The number of hydrogen-bond acceptors (Lipinski definition) is 11. The number of nitrogens with zero attached hydrogens (tertiary/aromatic N) is 6. The zero-order chi connectivity index (χ0) is 29.6. The number of amides is 3. The molecule has 1 aromatic carbocycles. The average Bonchev–Trinajstić information content (AvgIpc) is 3.39. The Bertz CT molecular complexity index is 1230. The fraction of sp³-hybridized carbons (Fsp3) is 0.542. The fourth-order valence-electron chi connectivity index (χ4n) is 4.24. The Morgan fingerprint density at radius 1 is 1.00 bits per heavy atom. The number of aromatic nitrogens is 2. The normalized spacial score (nSPS) is 16.8. The smallest absolute Gasteiger partial charge is 0.450 e. The Morgan fingerprint density at radius 2 is 1.71 bits per heavy atom. The molecule has 0 unspecified atom stereocenters. The molecule has 2 aromatic rings. The maximum atomic E-state index is 13.0. The lowest BCUT2D eigenvalue weighted by molar-refractivity contribution is -0.274. The van der Waals surface area contributed by atoms with Gasteiger partial charge in [0.25, 0.3) is 5.91 Å². The summed E-state index contributed by atoms with van der Waals surface area (Å²) in [5.41, 5.74) is -0.305. The van der Waals surface area contributed by atoms with Crippen LogP contribution < -0.4 is 20.3 Å². The molecule has 224 valence electrons. The molecule has 2 fully saturated rings. The number of rotatable bonds is 8. The Balaban J connectivity index is 1.40. The van der Waals surface area contributed by atoms with E-state index in [0.29, 0.717) is 51.0 Å². The first-order valence-corrected chi connectivity index (χ1v) is 13.7. The van der Waals surface area contributed by atoms with Crippen molar-refractivity contribution < 1.29 is 37.0 Å². The van der Waals surface area contributed by atoms with Gasteiger partial charge in [-0.05, 0) is 32.2 Å². The number of anilines is 3. The number of benzene rings is 1. The van der Waals surface area contributed by atoms with Crippen LogP contribution in [0.15, 0.2) is 18.2 Å². The van der Waals surface area contributed by atoms with E-state index in [0.717, 1.165) is 42.6 Å². The third-order valence-corrected chi connectivity index (χ3v) is 7.32. The second-order valence-corrected chi connectivity index (χ2v) is 10.4. The quantitative estimate of drug-likeness (QED) is 0.465. The molecule has 0 atom stereocenters. The van der Waals surface area contributed by atoms with E-state index >= 15 is 0 Å². The van der Waals surface area contributed by atoms with Crippen molar-refractivity contribution >= 4 is 45.2 Å². The van der Waals surface area contributed by atoms with Gasteiger partial charge in [0.05, 0.1) is 18.8 Å². The van der Waals surface area contributed by atoms with Crippen LogP contribution in [0.1, 0.15) is 17.3 Å². The van der Waals surface area contributed by atoms with Crippen molar-refractivity contribution in [1.82, 2.24) is 24.9 Å². The molecule has 3 heterocycles. The number of alkyl halides is 3. The van der Waals surface area contributed by atoms with Gasteiger partial charge in [0.1, 0.15) is 0 Å². The topological polar surface area (TPSA) is 132 Å². The number of ether oxygens (including phenoxy) is 2. The van der Waals surface area contributed by atoms with Gasteiger partial charge in [0.2, 0.25) is 16.2 Å². The van der Waals surface area contributed by atoms with Crippen molar-refractivity contribution in [3.05, 3.63) is 23.8 Å². The van der Waals surface area contributed by atoms with Gasteiger partial charge < -0.3 is 29.5 Å². The summed E-state index contributed by atoms with van der Waals surface area (Å²) < 4.78 is 48.1. The number of piperazine rings is 2. The highest BCUT2D eigenvalue weighted by atomic mass is 32.1. The van der Waals surface area contributed by atoms with E-state index in [1.807, 2.05) is 16.8 Å². The number of halogens is 3. The molecular weight excluding hydrogens is 569 g/mol. The molecule has 13 nitrogen and oxygen atoms in total. The van der Waals surface area contributed by atoms with Gasteiger partial charge in [0, 0.05) is 57.9 Å². The van der Waals surface area contributed by atoms with Gasteiger partial charge in [-0.3, -0.25) is 19.8 Å². The van der Waals surface area contributed by atoms with E-state index < -0.39 is 23.9 Å². The average molecular weight is 601 g/mol. The largest absolute Gasteiger partial charge is 0.573 e. The van der Waals surface area contributed by atoms with E-state index in [1.54, 1.807) is 11.8 Å². The lowest BCUT2D eigenvalue weighted by Crippen LogP contribution is -2.49. The standard InChI is InChI=1S/C24H31F3N8O5S/c1-3-39-23(38)35-12-10-34(11-13-35)22-31-30-21(41-22)29-20(37)16-4-5-18(40-24(25,26)27)17(14-16)28-19(36)15-33-8-6-32(2)7-9-33/h4-5,14H,3,6-13,15H2,1-2H3,(H,28,36)(H,29,30,37). The second kappa shape index (κ2) is 13.3. The Morgan fingerprint density at radius 3 is 2.37 bits per heavy atom. The summed E-state index contributed by atoms with van der Waals surface area (Å²) in [4.78, 5) is 45.0. The first kappa shape index (κ1) is 30.3. The molecule has 3 amide bonds. The predicted molar refractivity (Wildman–Crippen MR) is 144 cm³/mol. The van der Waals surface area contributed by atoms with E-state index in [2.05, 4.69) is 30.5 Å². The van der Waals surface area contributed by atoms with E-state index in [1.165, 1.54) is 0 Å². The molecule has 0 radical (unpaired) electrons. The molecule has 4 rings (SSSR count). The molecule has 2 aliphatic heterocycles. The molecule has 17 heteroatoms. The van der Waals surface area contributed by atoms with Gasteiger partial charge in [0.15, 0.2) is 5.75 Å². The molecule has 0 spiro atoms. The summed E-state index contributed by atoms with van der Waals surface area (Å²) in [7, 11) is 1.96. The van der Waals surface area contributed by atoms with Crippen LogP contribution in [0.4, 0.5) is 33.9 Å². The third-order valence-electron chi connectivity index (χ3n) is 6.42. The summed E-state index contributed by atoms with van der Waals surface area (Å²) in [5.74, 6) is -1.83. The molecule has 0 saturated carbocycles. The van der Waals surface area contributed by atoms with Gasteiger partial charge in [-0.1, -0.05) is 11.3 Å². The zero-order valence-corrected chi connectivity index (χ0v) is 23.4. The predicted octanol–water partition coefficient (Wildman–Crippen LogP) is 2.15. The minimum Gasteiger partial charge on any atom is -0.450 e. The van der Waals surface area contributed by atoms with Crippen molar-refractivity contribution in [1.29, 1.82) is 0 Å². The van der Waals surface area contributed by atoms with Crippen molar-refractivity contribution in [3.63, 3.8) is 0 Å².